The van der Waals surface area contributed by atoms with Gasteiger partial charge in [0.25, 0.3) is 0 Å². The molecule has 5 nitrogen and oxygen atoms in total. The first-order valence-electron chi connectivity index (χ1n) is 7.26. The number of benzene rings is 2. The van der Waals surface area contributed by atoms with Crippen LogP contribution in [0.15, 0.2) is 42.5 Å². The van der Waals surface area contributed by atoms with Gasteiger partial charge in [-0.2, -0.15) is 0 Å². The van der Waals surface area contributed by atoms with Crippen LogP contribution in [0.25, 0.3) is 16.9 Å². The molecule has 0 N–H and O–H groups in total. The van der Waals surface area contributed by atoms with Gasteiger partial charge in [0, 0.05) is 5.56 Å². The lowest BCUT2D eigenvalue weighted by atomic mass is 10.1. The van der Waals surface area contributed by atoms with Gasteiger partial charge in [0.05, 0.1) is 12.8 Å². The molecule has 3 aromatic rings. The minimum atomic E-state index is 0.314. The molecule has 5 heteroatoms. The van der Waals surface area contributed by atoms with E-state index in [-0.39, 0.29) is 0 Å². The summed E-state index contributed by atoms with van der Waals surface area (Å²) in [5.74, 6) is 0.756. The molecule has 1 heterocycles. The van der Waals surface area contributed by atoms with E-state index in [0.717, 1.165) is 34.4 Å². The van der Waals surface area contributed by atoms with Gasteiger partial charge in [-0.25, -0.2) is 4.68 Å². The maximum absolute atomic E-state index is 11.4. The first-order chi connectivity index (χ1) is 11.1. The third kappa shape index (κ3) is 2.85. The van der Waals surface area contributed by atoms with Crippen LogP contribution in [-0.4, -0.2) is 28.4 Å². The quantitative estimate of drug-likeness (QED) is 0.693. The molecule has 116 valence electrons. The Bertz CT molecular complexity index is 831. The number of hydrogen-bond acceptors (Lipinski definition) is 4. The highest BCUT2D eigenvalue weighted by Crippen LogP contribution is 2.27. The predicted octanol–water partition coefficient (Wildman–Crippen LogP) is 3.37. The highest BCUT2D eigenvalue weighted by atomic mass is 16.5. The topological polar surface area (TPSA) is 57.0 Å². The lowest BCUT2D eigenvalue weighted by molar-refractivity contribution is 0.111. The van der Waals surface area contributed by atoms with Crippen molar-refractivity contribution in [3.8, 4) is 22.7 Å². The lowest BCUT2D eigenvalue weighted by Crippen LogP contribution is -2.01. The van der Waals surface area contributed by atoms with E-state index < -0.39 is 0 Å². The van der Waals surface area contributed by atoms with Crippen LogP contribution in [0.5, 0.6) is 5.75 Å². The predicted molar refractivity (Wildman–Crippen MR) is 88.2 cm³/mol. The second-order valence-electron chi connectivity index (χ2n) is 5.43. The van der Waals surface area contributed by atoms with Crippen molar-refractivity contribution in [3.63, 3.8) is 0 Å². The zero-order valence-electron chi connectivity index (χ0n) is 13.3. The molecule has 0 aliphatic rings. The highest BCUT2D eigenvalue weighted by Gasteiger charge is 2.16. The Morgan fingerprint density at radius 2 is 1.70 bits per heavy atom. The number of hydrogen-bond donors (Lipinski definition) is 0. The van der Waals surface area contributed by atoms with Gasteiger partial charge >= 0.3 is 0 Å². The van der Waals surface area contributed by atoms with E-state index in [1.807, 2.05) is 50.2 Å². The molecule has 0 saturated carbocycles. The van der Waals surface area contributed by atoms with Crippen LogP contribution in [0.2, 0.25) is 0 Å². The van der Waals surface area contributed by atoms with E-state index in [1.54, 1.807) is 11.8 Å². The largest absolute Gasteiger partial charge is 0.497 e. The Morgan fingerprint density at radius 1 is 1.04 bits per heavy atom. The minimum absolute atomic E-state index is 0.314. The Labute approximate surface area is 134 Å². The first-order valence-corrected chi connectivity index (χ1v) is 7.26. The number of carbonyl (C=O) groups excluding carboxylic acids is 1. The molecule has 0 aliphatic carbocycles. The summed E-state index contributed by atoms with van der Waals surface area (Å²) in [7, 11) is 1.62. The van der Waals surface area contributed by atoms with Crippen LogP contribution in [-0.2, 0) is 0 Å². The molecule has 3 rings (SSSR count). The second-order valence-corrected chi connectivity index (χ2v) is 5.43. The Balaban J connectivity index is 2.18. The van der Waals surface area contributed by atoms with Gasteiger partial charge in [-0.3, -0.25) is 4.79 Å². The van der Waals surface area contributed by atoms with Gasteiger partial charge in [-0.05, 0) is 61.4 Å². The van der Waals surface area contributed by atoms with Crippen molar-refractivity contribution in [1.82, 2.24) is 15.0 Å². The molecule has 0 aliphatic heterocycles. The monoisotopic (exact) mass is 307 g/mol. The van der Waals surface area contributed by atoms with Crippen LogP contribution >= 0.6 is 0 Å². The van der Waals surface area contributed by atoms with Crippen LogP contribution in [0, 0.1) is 13.8 Å². The third-order valence-electron chi connectivity index (χ3n) is 3.62. The van der Waals surface area contributed by atoms with E-state index in [1.165, 1.54) is 0 Å². The molecule has 0 bridgehead atoms. The highest BCUT2D eigenvalue weighted by molar-refractivity contribution is 5.84. The molecular formula is C18H17N3O2. The van der Waals surface area contributed by atoms with Gasteiger partial charge in [0.1, 0.15) is 11.4 Å². The summed E-state index contributed by atoms with van der Waals surface area (Å²) in [6.07, 6.45) is 0.728. The maximum Gasteiger partial charge on any atom is 0.172 e. The van der Waals surface area contributed by atoms with Gasteiger partial charge < -0.3 is 4.74 Å². The van der Waals surface area contributed by atoms with Crippen molar-refractivity contribution in [3.05, 3.63) is 59.3 Å². The number of methoxy groups -OCH3 is 1. The molecule has 2 aromatic carbocycles. The van der Waals surface area contributed by atoms with Crippen molar-refractivity contribution >= 4 is 6.29 Å². The number of carbonyl (C=O) groups is 1. The van der Waals surface area contributed by atoms with Crippen LogP contribution < -0.4 is 4.74 Å². The summed E-state index contributed by atoms with van der Waals surface area (Å²) in [6, 6.07) is 13.6. The van der Waals surface area contributed by atoms with Gasteiger partial charge in [-0.15, -0.1) is 5.10 Å². The van der Waals surface area contributed by atoms with Gasteiger partial charge in [0.15, 0.2) is 12.0 Å². The SMILES string of the molecule is COc1ccc(-c2c(C=O)nnn2-c2cc(C)cc(C)c2)cc1. The van der Waals surface area contributed by atoms with Gasteiger partial charge in [-0.1, -0.05) is 11.3 Å². The van der Waals surface area contributed by atoms with Gasteiger partial charge in [0.2, 0.25) is 0 Å². The Morgan fingerprint density at radius 3 is 2.26 bits per heavy atom. The van der Waals surface area contributed by atoms with E-state index in [9.17, 15) is 4.79 Å². The molecule has 0 atom stereocenters. The van der Waals surface area contributed by atoms with E-state index >= 15 is 0 Å². The van der Waals surface area contributed by atoms with Crippen LogP contribution in [0.1, 0.15) is 21.6 Å². The maximum atomic E-state index is 11.4. The Hall–Kier alpha value is -2.95. The average molecular weight is 307 g/mol. The van der Waals surface area contributed by atoms with Crippen molar-refractivity contribution in [2.24, 2.45) is 0 Å². The van der Waals surface area contributed by atoms with Crippen molar-refractivity contribution in [1.29, 1.82) is 0 Å². The summed E-state index contributed by atoms with van der Waals surface area (Å²) in [5.41, 5.74) is 4.99. The van der Waals surface area contributed by atoms with E-state index in [4.69, 9.17) is 4.74 Å². The smallest absolute Gasteiger partial charge is 0.172 e. The molecule has 1 aromatic heterocycles. The molecule has 0 saturated heterocycles. The summed E-state index contributed by atoms with van der Waals surface area (Å²) >= 11 is 0. The lowest BCUT2D eigenvalue weighted by Gasteiger charge is -2.09. The first kappa shape index (κ1) is 15.0. The normalized spacial score (nSPS) is 10.6. The number of nitrogens with zero attached hydrogens (tertiary/aromatic N) is 3. The number of ether oxygens (including phenoxy) is 1. The number of rotatable bonds is 4. The fourth-order valence-corrected chi connectivity index (χ4v) is 2.65. The average Bonchev–Trinajstić information content (AvgIpc) is 2.98. The number of aryl methyl sites for hydroxylation is 2. The molecule has 0 spiro atoms. The fourth-order valence-electron chi connectivity index (χ4n) is 2.65. The molecule has 0 unspecified atom stereocenters. The summed E-state index contributed by atoms with van der Waals surface area (Å²) in [6.45, 7) is 4.06. The summed E-state index contributed by atoms with van der Waals surface area (Å²) in [4.78, 5) is 11.4. The molecule has 0 radical (unpaired) electrons. The van der Waals surface area contributed by atoms with Crippen molar-refractivity contribution < 1.29 is 9.53 Å². The zero-order chi connectivity index (χ0) is 16.4. The Kier molecular flexibility index (Phi) is 3.93. The van der Waals surface area contributed by atoms with E-state index in [2.05, 4.69) is 16.4 Å². The molecule has 0 fully saturated rings. The van der Waals surface area contributed by atoms with Crippen molar-refractivity contribution in [2.45, 2.75) is 13.8 Å². The number of aldehydes is 1. The molecule has 23 heavy (non-hydrogen) atoms. The number of aromatic nitrogens is 3. The third-order valence-corrected chi connectivity index (χ3v) is 3.62. The minimum Gasteiger partial charge on any atom is -0.497 e. The standard InChI is InChI=1S/C18H17N3O2/c1-12-8-13(2)10-15(9-12)21-18(17(11-22)19-20-21)14-4-6-16(23-3)7-5-14/h4-11H,1-3H3. The van der Waals surface area contributed by atoms with Crippen LogP contribution in [0.4, 0.5) is 0 Å². The fraction of sp³-hybridized carbons (Fsp3) is 0.167. The van der Waals surface area contributed by atoms with Crippen LogP contribution in [0.3, 0.4) is 0 Å². The summed E-state index contributed by atoms with van der Waals surface area (Å²) < 4.78 is 6.88. The second kappa shape index (κ2) is 6.04. The van der Waals surface area contributed by atoms with Crippen molar-refractivity contribution in [2.75, 3.05) is 7.11 Å². The zero-order valence-corrected chi connectivity index (χ0v) is 13.3. The molecular weight excluding hydrogens is 290 g/mol. The molecule has 0 amide bonds. The van der Waals surface area contributed by atoms with E-state index in [0.29, 0.717) is 11.4 Å². The summed E-state index contributed by atoms with van der Waals surface area (Å²) in [5, 5.41) is 8.17.